The maximum absolute atomic E-state index is 12.9. The largest absolute Gasteiger partial charge is 0.383 e. The smallest absolute Gasteiger partial charge is 0.256 e. The molecule has 1 aromatic carbocycles. The van der Waals surface area contributed by atoms with E-state index in [4.69, 9.17) is 5.26 Å². The van der Waals surface area contributed by atoms with E-state index in [1.165, 1.54) is 4.90 Å². The molecule has 5 rings (SSSR count). The summed E-state index contributed by atoms with van der Waals surface area (Å²) in [5.41, 5.74) is 2.21. The van der Waals surface area contributed by atoms with Gasteiger partial charge in [-0.2, -0.15) is 5.26 Å². The van der Waals surface area contributed by atoms with Gasteiger partial charge < -0.3 is 10.0 Å². The van der Waals surface area contributed by atoms with E-state index in [-0.39, 0.29) is 24.8 Å². The summed E-state index contributed by atoms with van der Waals surface area (Å²) in [5, 5.41) is 22.6. The lowest BCUT2D eigenvalue weighted by Gasteiger charge is -2.38. The Balaban J connectivity index is 1.25. The van der Waals surface area contributed by atoms with Crippen LogP contribution in [0, 0.1) is 11.3 Å². The van der Waals surface area contributed by atoms with E-state index in [1.54, 1.807) is 12.1 Å². The molecule has 174 valence electrons. The summed E-state index contributed by atoms with van der Waals surface area (Å²) in [4.78, 5) is 45.0. The highest BCUT2D eigenvalue weighted by atomic mass is 16.3. The Morgan fingerprint density at radius 3 is 2.53 bits per heavy atom. The van der Waals surface area contributed by atoms with E-state index in [1.807, 2.05) is 24.3 Å². The Kier molecular flexibility index (Phi) is 5.63. The number of amides is 3. The summed E-state index contributed by atoms with van der Waals surface area (Å²) in [7, 11) is 0. The lowest BCUT2D eigenvalue weighted by molar-refractivity contribution is -0.136. The molecular formula is C25H25N5O4. The van der Waals surface area contributed by atoms with Gasteiger partial charge in [-0.1, -0.05) is 12.1 Å². The number of pyridine rings is 1. The third kappa shape index (κ3) is 4.06. The minimum absolute atomic E-state index is 0.190. The number of benzene rings is 1. The first-order valence-corrected chi connectivity index (χ1v) is 11.5. The van der Waals surface area contributed by atoms with Crippen molar-refractivity contribution < 1.29 is 19.5 Å². The molecular weight excluding hydrogens is 434 g/mol. The molecule has 9 heteroatoms. The molecule has 0 radical (unpaired) electrons. The van der Waals surface area contributed by atoms with Gasteiger partial charge in [0.15, 0.2) is 0 Å². The van der Waals surface area contributed by atoms with Gasteiger partial charge in [-0.3, -0.25) is 29.6 Å². The second-order valence-electron chi connectivity index (χ2n) is 9.21. The van der Waals surface area contributed by atoms with Crippen LogP contribution in [0.4, 0.5) is 0 Å². The molecule has 2 saturated heterocycles. The quantitative estimate of drug-likeness (QED) is 0.658. The van der Waals surface area contributed by atoms with Crippen molar-refractivity contribution >= 4 is 17.7 Å². The number of rotatable bonds is 4. The second kappa shape index (κ2) is 8.63. The van der Waals surface area contributed by atoms with E-state index < -0.39 is 17.6 Å². The normalized spacial score (nSPS) is 22.3. The van der Waals surface area contributed by atoms with Crippen LogP contribution >= 0.6 is 0 Å². The fourth-order valence-corrected chi connectivity index (χ4v) is 4.97. The number of fused-ring (bicyclic) bond motifs is 1. The van der Waals surface area contributed by atoms with Crippen molar-refractivity contribution in [2.75, 3.05) is 13.1 Å². The fourth-order valence-electron chi connectivity index (χ4n) is 4.97. The van der Waals surface area contributed by atoms with Crippen LogP contribution < -0.4 is 5.32 Å². The van der Waals surface area contributed by atoms with Gasteiger partial charge in [0, 0.05) is 26.1 Å². The van der Waals surface area contributed by atoms with Gasteiger partial charge in [-0.25, -0.2) is 0 Å². The zero-order chi connectivity index (χ0) is 23.9. The first-order chi connectivity index (χ1) is 16.4. The first kappa shape index (κ1) is 22.2. The molecule has 1 atom stereocenters. The molecule has 1 unspecified atom stereocenters. The topological polar surface area (TPSA) is 127 Å². The minimum Gasteiger partial charge on any atom is -0.383 e. The SMILES string of the molecule is N#Cc1ccc(CN2CCC(O)(c3ccc4c(n3)CN(C3CCC(=O)NC3=O)C4=O)CC2)cc1. The number of carbonyl (C=O) groups is 3. The van der Waals surface area contributed by atoms with E-state index in [2.05, 4.69) is 21.3 Å². The van der Waals surface area contributed by atoms with Gasteiger partial charge in [-0.05, 0) is 49.1 Å². The highest BCUT2D eigenvalue weighted by Crippen LogP contribution is 2.34. The number of piperidine rings is 2. The summed E-state index contributed by atoms with van der Waals surface area (Å²) in [6.45, 7) is 2.32. The van der Waals surface area contributed by atoms with Crippen LogP contribution in [0.3, 0.4) is 0 Å². The summed E-state index contributed by atoms with van der Waals surface area (Å²) < 4.78 is 0. The van der Waals surface area contributed by atoms with Crippen LogP contribution in [-0.4, -0.2) is 56.7 Å². The number of likely N-dealkylation sites (tertiary alicyclic amines) is 1. The molecule has 3 aliphatic heterocycles. The van der Waals surface area contributed by atoms with Crippen molar-refractivity contribution in [1.29, 1.82) is 5.26 Å². The van der Waals surface area contributed by atoms with E-state index in [0.29, 0.717) is 54.9 Å². The number of aliphatic hydroxyl groups is 1. The molecule has 0 aliphatic carbocycles. The number of nitrogens with zero attached hydrogens (tertiary/aromatic N) is 4. The predicted octanol–water partition coefficient (Wildman–Crippen LogP) is 1.20. The maximum Gasteiger partial charge on any atom is 0.256 e. The van der Waals surface area contributed by atoms with Crippen LogP contribution in [0.15, 0.2) is 36.4 Å². The van der Waals surface area contributed by atoms with Crippen molar-refractivity contribution in [3.05, 3.63) is 64.5 Å². The minimum atomic E-state index is -1.08. The number of nitrogens with one attached hydrogen (secondary N) is 1. The predicted molar refractivity (Wildman–Crippen MR) is 120 cm³/mol. The third-order valence-corrected chi connectivity index (χ3v) is 7.02. The van der Waals surface area contributed by atoms with Gasteiger partial charge in [0.05, 0.1) is 35.1 Å². The average molecular weight is 460 g/mol. The van der Waals surface area contributed by atoms with Crippen molar-refractivity contribution in [3.8, 4) is 6.07 Å². The third-order valence-electron chi connectivity index (χ3n) is 7.02. The zero-order valence-corrected chi connectivity index (χ0v) is 18.7. The van der Waals surface area contributed by atoms with Gasteiger partial charge >= 0.3 is 0 Å². The molecule has 9 nitrogen and oxygen atoms in total. The van der Waals surface area contributed by atoms with Gasteiger partial charge in [0.25, 0.3) is 5.91 Å². The molecule has 34 heavy (non-hydrogen) atoms. The van der Waals surface area contributed by atoms with Crippen LogP contribution in [0.1, 0.15) is 58.6 Å². The molecule has 2 N–H and O–H groups in total. The van der Waals surface area contributed by atoms with E-state index >= 15 is 0 Å². The first-order valence-electron chi connectivity index (χ1n) is 11.5. The Bertz CT molecular complexity index is 1190. The Morgan fingerprint density at radius 2 is 1.85 bits per heavy atom. The molecule has 0 saturated carbocycles. The number of aromatic nitrogens is 1. The van der Waals surface area contributed by atoms with Crippen molar-refractivity contribution in [3.63, 3.8) is 0 Å². The van der Waals surface area contributed by atoms with Gasteiger partial charge in [-0.15, -0.1) is 0 Å². The molecule has 2 fully saturated rings. The van der Waals surface area contributed by atoms with Crippen LogP contribution in [0.5, 0.6) is 0 Å². The van der Waals surface area contributed by atoms with Gasteiger partial charge in [0.1, 0.15) is 11.6 Å². The number of nitriles is 1. The second-order valence-corrected chi connectivity index (χ2v) is 9.21. The monoisotopic (exact) mass is 459 g/mol. The summed E-state index contributed by atoms with van der Waals surface area (Å²) in [6, 6.07) is 12.4. The summed E-state index contributed by atoms with van der Waals surface area (Å²) in [5.74, 6) is -1.04. The standard InChI is InChI=1S/C25H25N5O4/c26-13-16-1-3-17(4-2-16)14-29-11-9-25(34,10-12-29)21-7-5-18-19(27-21)15-30(24(18)33)20-6-8-22(31)28-23(20)32/h1-5,7,20,34H,6,8-12,14-15H2,(H,28,31,32). The summed E-state index contributed by atoms with van der Waals surface area (Å²) in [6.07, 6.45) is 1.53. The van der Waals surface area contributed by atoms with Crippen molar-refractivity contribution in [1.82, 2.24) is 20.1 Å². The Labute approximate surface area is 197 Å². The number of carbonyl (C=O) groups excluding carboxylic acids is 3. The van der Waals surface area contributed by atoms with Crippen molar-refractivity contribution in [2.24, 2.45) is 0 Å². The Morgan fingerprint density at radius 1 is 1.12 bits per heavy atom. The van der Waals surface area contributed by atoms with Crippen LogP contribution in [0.2, 0.25) is 0 Å². The lowest BCUT2D eigenvalue weighted by atomic mass is 9.87. The molecule has 0 bridgehead atoms. The van der Waals surface area contributed by atoms with Crippen LogP contribution in [0.25, 0.3) is 0 Å². The van der Waals surface area contributed by atoms with Crippen molar-refractivity contribution in [2.45, 2.75) is 50.4 Å². The van der Waals surface area contributed by atoms with E-state index in [0.717, 1.165) is 12.1 Å². The average Bonchev–Trinajstić information content (AvgIpc) is 3.17. The van der Waals surface area contributed by atoms with E-state index in [9.17, 15) is 19.5 Å². The Hall–Kier alpha value is -3.61. The highest BCUT2D eigenvalue weighted by molar-refractivity contribution is 6.05. The number of hydrogen-bond acceptors (Lipinski definition) is 7. The molecule has 4 heterocycles. The highest BCUT2D eigenvalue weighted by Gasteiger charge is 2.41. The van der Waals surface area contributed by atoms with Gasteiger partial charge in [0.2, 0.25) is 11.8 Å². The number of hydrogen-bond donors (Lipinski definition) is 2. The van der Waals surface area contributed by atoms with Crippen LogP contribution in [-0.2, 0) is 28.3 Å². The zero-order valence-electron chi connectivity index (χ0n) is 18.7. The lowest BCUT2D eigenvalue weighted by Crippen LogP contribution is -2.52. The fraction of sp³-hybridized carbons (Fsp3) is 0.400. The molecule has 0 spiro atoms. The molecule has 1 aromatic heterocycles. The molecule has 3 aliphatic rings. The maximum atomic E-state index is 12.9. The molecule has 2 aromatic rings. The molecule has 3 amide bonds. The summed E-state index contributed by atoms with van der Waals surface area (Å²) >= 11 is 0. The number of imide groups is 1.